The summed E-state index contributed by atoms with van der Waals surface area (Å²) in [5.74, 6) is -0.441. The van der Waals surface area contributed by atoms with Gasteiger partial charge in [0.2, 0.25) is 0 Å². The van der Waals surface area contributed by atoms with E-state index in [-0.39, 0.29) is 29.9 Å². The third kappa shape index (κ3) is 4.73. The van der Waals surface area contributed by atoms with Crippen LogP contribution in [0.3, 0.4) is 0 Å². The summed E-state index contributed by atoms with van der Waals surface area (Å²) in [5, 5.41) is 12.6. The van der Waals surface area contributed by atoms with E-state index in [0.29, 0.717) is 18.7 Å². The minimum absolute atomic E-state index is 0.0708. The molecule has 0 aliphatic carbocycles. The van der Waals surface area contributed by atoms with Gasteiger partial charge in [0.25, 0.3) is 11.8 Å². The normalized spacial score (nSPS) is 16.4. The maximum atomic E-state index is 13.7. The number of rotatable bonds is 6. The van der Waals surface area contributed by atoms with E-state index in [1.807, 2.05) is 22.4 Å². The number of amides is 2. The lowest BCUT2D eigenvalue weighted by Crippen LogP contribution is -2.40. The highest BCUT2D eigenvalue weighted by Crippen LogP contribution is 2.21. The summed E-state index contributed by atoms with van der Waals surface area (Å²) < 4.78 is 15.3. The van der Waals surface area contributed by atoms with Gasteiger partial charge in [0.05, 0.1) is 11.1 Å². The second-order valence-corrected chi connectivity index (χ2v) is 8.28. The summed E-state index contributed by atoms with van der Waals surface area (Å²) >= 11 is 1.45. The summed E-state index contributed by atoms with van der Waals surface area (Å²) in [6, 6.07) is 10.0. The first-order valence-corrected chi connectivity index (χ1v) is 10.7. The molecule has 2 amide bonds. The quantitative estimate of drug-likeness (QED) is 0.656. The number of carbonyl (C=O) groups is 2. The van der Waals surface area contributed by atoms with E-state index in [2.05, 4.69) is 15.6 Å². The summed E-state index contributed by atoms with van der Waals surface area (Å²) in [7, 11) is 0. The number of nitrogens with zero attached hydrogens (tertiary/aromatic N) is 4. The first-order valence-electron chi connectivity index (χ1n) is 9.84. The van der Waals surface area contributed by atoms with E-state index in [9.17, 15) is 14.0 Å². The zero-order valence-electron chi connectivity index (χ0n) is 16.3. The summed E-state index contributed by atoms with van der Waals surface area (Å²) in [6.45, 7) is 2.09. The molecule has 0 saturated carbocycles. The summed E-state index contributed by atoms with van der Waals surface area (Å²) in [6.07, 6.45) is 3.52. The molecule has 1 N–H and O–H groups in total. The van der Waals surface area contributed by atoms with Crippen molar-refractivity contribution in [2.75, 3.05) is 13.1 Å². The molecule has 1 aliphatic heterocycles. The molecule has 9 heteroatoms. The maximum Gasteiger partial charge on any atom is 0.273 e. The number of aromatic nitrogens is 3. The molecule has 1 aromatic carbocycles. The number of carbonyl (C=O) groups excluding carboxylic acids is 2. The molecule has 1 aliphatic rings. The van der Waals surface area contributed by atoms with Crippen LogP contribution in [0.1, 0.15) is 38.6 Å². The molecule has 4 rings (SSSR count). The number of halogens is 1. The molecule has 3 aromatic rings. The van der Waals surface area contributed by atoms with Crippen LogP contribution in [-0.2, 0) is 13.1 Å². The Bertz CT molecular complexity index is 1020. The van der Waals surface area contributed by atoms with Gasteiger partial charge in [0, 0.05) is 31.7 Å². The van der Waals surface area contributed by atoms with Crippen molar-refractivity contribution in [3.63, 3.8) is 0 Å². The third-order valence-electron chi connectivity index (χ3n) is 5.15. The van der Waals surface area contributed by atoms with Crippen LogP contribution in [0.5, 0.6) is 0 Å². The van der Waals surface area contributed by atoms with Crippen LogP contribution in [0.4, 0.5) is 4.39 Å². The van der Waals surface area contributed by atoms with Gasteiger partial charge in [-0.15, -0.1) is 16.4 Å². The van der Waals surface area contributed by atoms with Crippen LogP contribution in [0, 0.1) is 11.7 Å². The Hall–Kier alpha value is -3.07. The van der Waals surface area contributed by atoms with E-state index in [0.717, 1.165) is 24.3 Å². The van der Waals surface area contributed by atoms with Gasteiger partial charge in [-0.1, -0.05) is 29.5 Å². The molecule has 1 saturated heterocycles. The Kier molecular flexibility index (Phi) is 6.18. The molecule has 1 fully saturated rings. The molecule has 0 radical (unpaired) electrons. The van der Waals surface area contributed by atoms with E-state index < -0.39 is 5.91 Å². The second kappa shape index (κ2) is 9.17. The van der Waals surface area contributed by atoms with Crippen molar-refractivity contribution in [3.05, 3.63) is 69.9 Å². The number of nitrogens with one attached hydrogen (secondary N) is 1. The van der Waals surface area contributed by atoms with Crippen LogP contribution >= 0.6 is 11.3 Å². The Morgan fingerprint density at radius 1 is 1.23 bits per heavy atom. The number of piperidine rings is 1. The zero-order chi connectivity index (χ0) is 20.9. The molecule has 1 atom stereocenters. The first kappa shape index (κ1) is 20.2. The van der Waals surface area contributed by atoms with E-state index in [1.165, 1.54) is 17.4 Å². The molecule has 2 aromatic heterocycles. The van der Waals surface area contributed by atoms with Crippen LogP contribution in [0.15, 0.2) is 48.0 Å². The lowest BCUT2D eigenvalue weighted by atomic mass is 9.98. The highest BCUT2D eigenvalue weighted by atomic mass is 32.1. The molecule has 30 heavy (non-hydrogen) atoms. The SMILES string of the molecule is O=C(NCc1ccccc1F)c1cn(C[C@H]2CCCN(C(=O)c3cccs3)C2)nn1. The molecule has 3 heterocycles. The second-order valence-electron chi connectivity index (χ2n) is 7.34. The van der Waals surface area contributed by atoms with Crippen LogP contribution in [-0.4, -0.2) is 44.8 Å². The van der Waals surface area contributed by atoms with Gasteiger partial charge in [-0.3, -0.25) is 14.3 Å². The zero-order valence-corrected chi connectivity index (χ0v) is 17.1. The Morgan fingerprint density at radius 2 is 2.10 bits per heavy atom. The van der Waals surface area contributed by atoms with Crippen molar-refractivity contribution in [3.8, 4) is 0 Å². The standard InChI is InChI=1S/C21H22FN5O2S/c22-17-7-2-1-6-16(17)11-23-20(28)18-14-27(25-24-18)13-15-5-3-9-26(12-15)21(29)19-8-4-10-30-19/h1-2,4,6-8,10,14-15H,3,5,9,11-13H2,(H,23,28)/t15-/m0/s1. The Morgan fingerprint density at radius 3 is 2.90 bits per heavy atom. The maximum absolute atomic E-state index is 13.7. The van der Waals surface area contributed by atoms with Gasteiger partial charge in [-0.25, -0.2) is 4.39 Å². The summed E-state index contributed by atoms with van der Waals surface area (Å²) in [4.78, 5) is 27.5. The Labute approximate surface area is 177 Å². The number of thiophene rings is 1. The average Bonchev–Trinajstić information content (AvgIpc) is 3.45. The first-order chi connectivity index (χ1) is 14.6. The van der Waals surface area contributed by atoms with Gasteiger partial charge in [-0.05, 0) is 36.3 Å². The highest BCUT2D eigenvalue weighted by Gasteiger charge is 2.25. The topological polar surface area (TPSA) is 80.1 Å². The number of hydrogen-bond donors (Lipinski definition) is 1. The lowest BCUT2D eigenvalue weighted by Gasteiger charge is -2.32. The van der Waals surface area contributed by atoms with Gasteiger partial charge < -0.3 is 10.2 Å². The van der Waals surface area contributed by atoms with Crippen molar-refractivity contribution in [1.29, 1.82) is 0 Å². The average molecular weight is 428 g/mol. The molecule has 0 spiro atoms. The predicted octanol–water partition coefficient (Wildman–Crippen LogP) is 2.96. The fraction of sp³-hybridized carbons (Fsp3) is 0.333. The van der Waals surface area contributed by atoms with Crippen molar-refractivity contribution < 1.29 is 14.0 Å². The number of likely N-dealkylation sites (tertiary alicyclic amines) is 1. The van der Waals surface area contributed by atoms with Crippen molar-refractivity contribution >= 4 is 23.2 Å². The summed E-state index contributed by atoms with van der Waals surface area (Å²) in [5.41, 5.74) is 0.601. The minimum Gasteiger partial charge on any atom is -0.346 e. The van der Waals surface area contributed by atoms with Crippen LogP contribution < -0.4 is 5.32 Å². The minimum atomic E-state index is -0.400. The monoisotopic (exact) mass is 427 g/mol. The third-order valence-corrected chi connectivity index (χ3v) is 6.01. The van der Waals surface area contributed by atoms with Crippen molar-refractivity contribution in [2.24, 2.45) is 5.92 Å². The lowest BCUT2D eigenvalue weighted by molar-refractivity contribution is 0.0664. The molecule has 0 unspecified atom stereocenters. The predicted molar refractivity (Wildman–Crippen MR) is 111 cm³/mol. The highest BCUT2D eigenvalue weighted by molar-refractivity contribution is 7.12. The molecule has 156 valence electrons. The van der Waals surface area contributed by atoms with Gasteiger partial charge in [-0.2, -0.15) is 0 Å². The van der Waals surface area contributed by atoms with Gasteiger partial charge >= 0.3 is 0 Å². The van der Waals surface area contributed by atoms with Crippen LogP contribution in [0.25, 0.3) is 0 Å². The van der Waals surface area contributed by atoms with Crippen molar-refractivity contribution in [1.82, 2.24) is 25.2 Å². The van der Waals surface area contributed by atoms with Crippen LogP contribution in [0.2, 0.25) is 0 Å². The number of benzene rings is 1. The fourth-order valence-corrected chi connectivity index (χ4v) is 4.31. The Balaban J connectivity index is 1.32. The van der Waals surface area contributed by atoms with E-state index >= 15 is 0 Å². The molecule has 0 bridgehead atoms. The fourth-order valence-electron chi connectivity index (χ4n) is 3.62. The molecule has 7 nitrogen and oxygen atoms in total. The molecular weight excluding hydrogens is 405 g/mol. The van der Waals surface area contributed by atoms with Gasteiger partial charge in [0.15, 0.2) is 5.69 Å². The number of hydrogen-bond acceptors (Lipinski definition) is 5. The smallest absolute Gasteiger partial charge is 0.273 e. The largest absolute Gasteiger partial charge is 0.346 e. The van der Waals surface area contributed by atoms with Gasteiger partial charge in [0.1, 0.15) is 5.82 Å². The van der Waals surface area contributed by atoms with E-state index in [1.54, 1.807) is 29.1 Å². The van der Waals surface area contributed by atoms with E-state index in [4.69, 9.17) is 0 Å². The van der Waals surface area contributed by atoms with Crippen molar-refractivity contribution in [2.45, 2.75) is 25.9 Å². The molecular formula is C21H22FN5O2S.